The van der Waals surface area contributed by atoms with E-state index in [2.05, 4.69) is 26.1 Å². The number of hydrogen-bond donors (Lipinski definition) is 1. The van der Waals surface area contributed by atoms with Gasteiger partial charge in [-0.15, -0.1) is 0 Å². The first-order valence-corrected chi connectivity index (χ1v) is 5.88. The molecule has 0 saturated carbocycles. The molecule has 2 heteroatoms. The largest absolute Gasteiger partial charge is 0.312 e. The van der Waals surface area contributed by atoms with Gasteiger partial charge in [0.05, 0.1) is 0 Å². The average Bonchev–Trinajstić information content (AvgIpc) is 2.17. The van der Waals surface area contributed by atoms with E-state index < -0.39 is 0 Å². The van der Waals surface area contributed by atoms with Gasteiger partial charge in [0, 0.05) is 5.54 Å². The van der Waals surface area contributed by atoms with E-state index in [0.717, 1.165) is 24.9 Å². The molecule has 0 aliphatic rings. The van der Waals surface area contributed by atoms with E-state index in [4.69, 9.17) is 0 Å². The van der Waals surface area contributed by atoms with Gasteiger partial charge in [-0.2, -0.15) is 0 Å². The Balaban J connectivity index is 2.35. The van der Waals surface area contributed by atoms with Gasteiger partial charge < -0.3 is 5.32 Å². The number of benzene rings is 1. The number of aryl methyl sites for hydroxylation is 2. The third-order valence-corrected chi connectivity index (χ3v) is 2.52. The second kappa shape index (κ2) is 5.44. The Bertz CT molecular complexity index is 339. The normalized spacial score (nSPS) is 11.8. The number of rotatable bonds is 4. The Morgan fingerprint density at radius 1 is 1.25 bits per heavy atom. The topological polar surface area (TPSA) is 12.0 Å². The summed E-state index contributed by atoms with van der Waals surface area (Å²) in [6, 6.07) is 5.37. The van der Waals surface area contributed by atoms with Crippen molar-refractivity contribution in [1.82, 2.24) is 5.32 Å². The second-order valence-corrected chi connectivity index (χ2v) is 5.36. The van der Waals surface area contributed by atoms with Gasteiger partial charge in [0.25, 0.3) is 0 Å². The number of halogens is 1. The molecule has 1 nitrogen and oxygen atoms in total. The third kappa shape index (κ3) is 4.75. The molecule has 0 spiro atoms. The molecule has 1 N–H and O–H groups in total. The van der Waals surface area contributed by atoms with Crippen molar-refractivity contribution in [2.75, 3.05) is 6.54 Å². The average molecular weight is 223 g/mol. The Hall–Kier alpha value is -0.890. The molecule has 1 aromatic rings. The van der Waals surface area contributed by atoms with Crippen molar-refractivity contribution in [3.63, 3.8) is 0 Å². The Morgan fingerprint density at radius 3 is 2.50 bits per heavy atom. The molecule has 0 atom stereocenters. The van der Waals surface area contributed by atoms with Crippen LogP contribution in [0.3, 0.4) is 0 Å². The Morgan fingerprint density at radius 2 is 1.94 bits per heavy atom. The molecule has 0 aliphatic carbocycles. The summed E-state index contributed by atoms with van der Waals surface area (Å²) in [5.74, 6) is -0.114. The van der Waals surface area contributed by atoms with Gasteiger partial charge in [-0.3, -0.25) is 0 Å². The molecule has 0 aliphatic heterocycles. The van der Waals surface area contributed by atoms with Crippen LogP contribution in [0.4, 0.5) is 4.39 Å². The molecule has 0 saturated heterocycles. The molecule has 0 bridgehead atoms. The van der Waals surface area contributed by atoms with Crippen LogP contribution in [-0.4, -0.2) is 12.1 Å². The molecule has 90 valence electrons. The maximum absolute atomic E-state index is 13.0. The number of hydrogen-bond acceptors (Lipinski definition) is 1. The first kappa shape index (κ1) is 13.2. The molecule has 0 aromatic heterocycles. The van der Waals surface area contributed by atoms with Crippen LogP contribution in [-0.2, 0) is 6.42 Å². The molecule has 0 heterocycles. The minimum atomic E-state index is -0.114. The van der Waals surface area contributed by atoms with Gasteiger partial charge in [0.15, 0.2) is 0 Å². The zero-order chi connectivity index (χ0) is 12.2. The first-order chi connectivity index (χ1) is 7.38. The Kier molecular flexibility index (Phi) is 4.48. The van der Waals surface area contributed by atoms with E-state index in [9.17, 15) is 4.39 Å². The molecule has 16 heavy (non-hydrogen) atoms. The van der Waals surface area contributed by atoms with E-state index in [1.54, 1.807) is 6.07 Å². The van der Waals surface area contributed by atoms with E-state index in [1.165, 1.54) is 5.56 Å². The predicted molar refractivity (Wildman–Crippen MR) is 67.2 cm³/mol. The third-order valence-electron chi connectivity index (χ3n) is 2.52. The van der Waals surface area contributed by atoms with E-state index in [-0.39, 0.29) is 11.4 Å². The lowest BCUT2D eigenvalue weighted by Gasteiger charge is -2.20. The summed E-state index contributed by atoms with van der Waals surface area (Å²) in [7, 11) is 0. The van der Waals surface area contributed by atoms with Crippen molar-refractivity contribution in [3.05, 3.63) is 35.1 Å². The van der Waals surface area contributed by atoms with Gasteiger partial charge in [-0.25, -0.2) is 4.39 Å². The molecule has 0 amide bonds. The quantitative estimate of drug-likeness (QED) is 0.771. The lowest BCUT2D eigenvalue weighted by atomic mass is 10.1. The minimum absolute atomic E-state index is 0.114. The minimum Gasteiger partial charge on any atom is -0.312 e. The molecule has 0 fully saturated rings. The van der Waals surface area contributed by atoms with Crippen molar-refractivity contribution in [2.45, 2.75) is 46.1 Å². The van der Waals surface area contributed by atoms with Gasteiger partial charge in [-0.1, -0.05) is 12.1 Å². The van der Waals surface area contributed by atoms with Crippen LogP contribution in [0.1, 0.15) is 38.3 Å². The molecule has 0 unspecified atom stereocenters. The lowest BCUT2D eigenvalue weighted by molar-refractivity contribution is 0.422. The first-order valence-electron chi connectivity index (χ1n) is 5.88. The Labute approximate surface area is 98.1 Å². The summed E-state index contributed by atoms with van der Waals surface area (Å²) in [5.41, 5.74) is 2.13. The van der Waals surface area contributed by atoms with Gasteiger partial charge >= 0.3 is 0 Å². The second-order valence-electron chi connectivity index (χ2n) is 5.36. The maximum Gasteiger partial charge on any atom is 0.126 e. The highest BCUT2D eigenvalue weighted by atomic mass is 19.1. The van der Waals surface area contributed by atoms with E-state index in [0.29, 0.717) is 0 Å². The van der Waals surface area contributed by atoms with Crippen LogP contribution in [0.2, 0.25) is 0 Å². The van der Waals surface area contributed by atoms with Gasteiger partial charge in [0.2, 0.25) is 0 Å². The van der Waals surface area contributed by atoms with Crippen LogP contribution in [0, 0.1) is 12.7 Å². The highest BCUT2D eigenvalue weighted by Crippen LogP contribution is 2.11. The van der Waals surface area contributed by atoms with Crippen molar-refractivity contribution >= 4 is 0 Å². The molecular weight excluding hydrogens is 201 g/mol. The van der Waals surface area contributed by atoms with E-state index >= 15 is 0 Å². The highest BCUT2D eigenvalue weighted by Gasteiger charge is 2.07. The van der Waals surface area contributed by atoms with Gasteiger partial charge in [-0.05, 0) is 64.3 Å². The summed E-state index contributed by atoms with van der Waals surface area (Å²) in [6.45, 7) is 9.30. The van der Waals surface area contributed by atoms with Crippen LogP contribution in [0.5, 0.6) is 0 Å². The van der Waals surface area contributed by atoms with Gasteiger partial charge in [0.1, 0.15) is 5.82 Å². The zero-order valence-corrected chi connectivity index (χ0v) is 10.7. The fourth-order valence-corrected chi connectivity index (χ4v) is 1.62. The van der Waals surface area contributed by atoms with Crippen LogP contribution >= 0.6 is 0 Å². The molecular formula is C14H22FN. The summed E-state index contributed by atoms with van der Waals surface area (Å²) >= 11 is 0. The predicted octanol–water partition coefficient (Wildman–Crippen LogP) is 3.45. The van der Waals surface area contributed by atoms with Crippen molar-refractivity contribution in [3.8, 4) is 0 Å². The highest BCUT2D eigenvalue weighted by molar-refractivity contribution is 5.23. The standard InChI is InChI=1S/C14H22FN/c1-11-10-12(7-8-13(11)15)6-5-9-16-14(2,3)4/h7-8,10,16H,5-6,9H2,1-4H3. The van der Waals surface area contributed by atoms with Crippen molar-refractivity contribution < 1.29 is 4.39 Å². The van der Waals surface area contributed by atoms with Crippen LogP contribution in [0.15, 0.2) is 18.2 Å². The molecule has 1 rings (SSSR count). The lowest BCUT2D eigenvalue weighted by Crippen LogP contribution is -2.36. The number of nitrogens with one attached hydrogen (secondary N) is 1. The van der Waals surface area contributed by atoms with Crippen LogP contribution in [0.25, 0.3) is 0 Å². The fourth-order valence-electron chi connectivity index (χ4n) is 1.62. The van der Waals surface area contributed by atoms with Crippen molar-refractivity contribution in [1.29, 1.82) is 0 Å². The van der Waals surface area contributed by atoms with Crippen LogP contribution < -0.4 is 5.32 Å². The molecule has 1 aromatic carbocycles. The summed E-state index contributed by atoms with van der Waals surface area (Å²) in [5, 5.41) is 3.44. The summed E-state index contributed by atoms with van der Waals surface area (Å²) < 4.78 is 13.0. The molecule has 0 radical (unpaired) electrons. The van der Waals surface area contributed by atoms with E-state index in [1.807, 2.05) is 19.1 Å². The summed E-state index contributed by atoms with van der Waals surface area (Å²) in [4.78, 5) is 0. The maximum atomic E-state index is 13.0. The SMILES string of the molecule is Cc1cc(CCCNC(C)(C)C)ccc1F. The smallest absolute Gasteiger partial charge is 0.126 e. The zero-order valence-electron chi connectivity index (χ0n) is 10.7. The summed E-state index contributed by atoms with van der Waals surface area (Å²) in [6.07, 6.45) is 2.09. The van der Waals surface area contributed by atoms with Crippen molar-refractivity contribution in [2.24, 2.45) is 0 Å². The monoisotopic (exact) mass is 223 g/mol. The fraction of sp³-hybridized carbons (Fsp3) is 0.571.